The molecule has 2 aromatic rings. The van der Waals surface area contributed by atoms with Gasteiger partial charge in [0.1, 0.15) is 6.04 Å². The van der Waals surface area contributed by atoms with E-state index in [4.69, 9.17) is 5.73 Å². The average Bonchev–Trinajstić information content (AvgIpc) is 3.00. The van der Waals surface area contributed by atoms with E-state index in [1.807, 2.05) is 36.4 Å². The molecule has 0 aliphatic carbocycles. The first kappa shape index (κ1) is 14.8. The van der Waals surface area contributed by atoms with Crippen molar-refractivity contribution >= 4 is 17.2 Å². The first-order chi connectivity index (χ1) is 9.50. The smallest absolute Gasteiger partial charge is 0.241 e. The third-order valence-corrected chi connectivity index (χ3v) is 4.57. The number of nitrogens with two attached hydrogens (primary N) is 1. The van der Waals surface area contributed by atoms with Crippen LogP contribution < -0.4 is 11.1 Å². The summed E-state index contributed by atoms with van der Waals surface area (Å²) in [6.07, 6.45) is 0. The summed E-state index contributed by atoms with van der Waals surface area (Å²) in [5.41, 5.74) is 6.73. The van der Waals surface area contributed by atoms with Gasteiger partial charge in [0, 0.05) is 16.8 Å². The first-order valence-corrected chi connectivity index (χ1v) is 7.51. The van der Waals surface area contributed by atoms with E-state index in [9.17, 15) is 4.79 Å². The maximum Gasteiger partial charge on any atom is 0.241 e. The second-order valence-corrected chi connectivity index (χ2v) is 6.42. The number of hydrogen-bond acceptors (Lipinski definition) is 3. The molecule has 0 bridgehead atoms. The summed E-state index contributed by atoms with van der Waals surface area (Å²) in [6.45, 7) is 4.81. The van der Waals surface area contributed by atoms with Crippen LogP contribution in [0.2, 0.25) is 0 Å². The fraction of sp³-hybridized carbons (Fsp3) is 0.312. The molecule has 106 valence electrons. The van der Waals surface area contributed by atoms with Crippen LogP contribution in [0.1, 0.15) is 30.3 Å². The Morgan fingerprint density at radius 3 is 2.55 bits per heavy atom. The van der Waals surface area contributed by atoms with Crippen molar-refractivity contribution in [2.75, 3.05) is 6.54 Å². The van der Waals surface area contributed by atoms with Crippen molar-refractivity contribution in [3.05, 3.63) is 58.3 Å². The molecular formula is C16H20N2OS. The van der Waals surface area contributed by atoms with Gasteiger partial charge in [-0.25, -0.2) is 0 Å². The highest BCUT2D eigenvalue weighted by Gasteiger charge is 2.24. The van der Waals surface area contributed by atoms with Gasteiger partial charge >= 0.3 is 0 Å². The van der Waals surface area contributed by atoms with Crippen LogP contribution in [0.25, 0.3) is 0 Å². The van der Waals surface area contributed by atoms with E-state index < -0.39 is 6.04 Å². The highest BCUT2D eigenvalue weighted by Crippen LogP contribution is 2.26. The van der Waals surface area contributed by atoms with E-state index in [2.05, 4.69) is 30.6 Å². The van der Waals surface area contributed by atoms with Crippen molar-refractivity contribution in [2.24, 2.45) is 5.73 Å². The molecular weight excluding hydrogens is 268 g/mol. The number of thiophene rings is 1. The van der Waals surface area contributed by atoms with Gasteiger partial charge < -0.3 is 11.1 Å². The number of carbonyl (C=O) groups excluding carboxylic acids is 1. The van der Waals surface area contributed by atoms with Crippen molar-refractivity contribution in [1.29, 1.82) is 0 Å². The molecule has 1 heterocycles. The highest BCUT2D eigenvalue weighted by molar-refractivity contribution is 7.10. The molecule has 0 spiro atoms. The zero-order valence-corrected chi connectivity index (χ0v) is 12.6. The van der Waals surface area contributed by atoms with Crippen LogP contribution in [0.3, 0.4) is 0 Å². The van der Waals surface area contributed by atoms with Gasteiger partial charge in [-0.2, -0.15) is 0 Å². The number of hydrogen-bond donors (Lipinski definition) is 2. The number of amides is 1. The third kappa shape index (κ3) is 3.46. The van der Waals surface area contributed by atoms with Crippen LogP contribution >= 0.6 is 11.3 Å². The van der Waals surface area contributed by atoms with Crippen LogP contribution in [0.5, 0.6) is 0 Å². The maximum atomic E-state index is 12.1. The van der Waals surface area contributed by atoms with Crippen molar-refractivity contribution in [1.82, 2.24) is 5.32 Å². The van der Waals surface area contributed by atoms with E-state index in [0.29, 0.717) is 6.54 Å². The molecule has 0 radical (unpaired) electrons. The van der Waals surface area contributed by atoms with E-state index >= 15 is 0 Å². The molecule has 0 aliphatic heterocycles. The van der Waals surface area contributed by atoms with Crippen LogP contribution in [0, 0.1) is 0 Å². The molecule has 4 heteroatoms. The van der Waals surface area contributed by atoms with Crippen LogP contribution in [0.15, 0.2) is 47.8 Å². The predicted molar refractivity (Wildman–Crippen MR) is 83.7 cm³/mol. The lowest BCUT2D eigenvalue weighted by Crippen LogP contribution is -2.40. The number of benzene rings is 1. The Balaban J connectivity index is 1.96. The van der Waals surface area contributed by atoms with Gasteiger partial charge in [-0.3, -0.25) is 4.79 Å². The lowest BCUT2D eigenvalue weighted by atomic mass is 9.91. The van der Waals surface area contributed by atoms with Gasteiger partial charge in [-0.15, -0.1) is 11.3 Å². The van der Waals surface area contributed by atoms with Crippen molar-refractivity contribution < 1.29 is 4.79 Å². The molecule has 1 atom stereocenters. The Morgan fingerprint density at radius 1 is 1.25 bits per heavy atom. The summed E-state index contributed by atoms with van der Waals surface area (Å²) >= 11 is 1.70. The quantitative estimate of drug-likeness (QED) is 0.889. The van der Waals surface area contributed by atoms with Gasteiger partial charge in [0.05, 0.1) is 0 Å². The van der Waals surface area contributed by atoms with Crippen LogP contribution in [-0.2, 0) is 10.2 Å². The molecule has 1 aromatic heterocycles. The summed E-state index contributed by atoms with van der Waals surface area (Å²) in [7, 11) is 0. The minimum absolute atomic E-state index is 0.0831. The van der Waals surface area contributed by atoms with E-state index in [1.54, 1.807) is 11.3 Å². The minimum atomic E-state index is -0.615. The standard InChI is InChI=1S/C16H20N2OS/c1-16(2,13-9-6-10-20-13)11-18-15(19)14(17)12-7-4-3-5-8-12/h3-10,14H,11,17H2,1-2H3,(H,18,19)/t14-/m1/s1. The van der Waals surface area contributed by atoms with Gasteiger partial charge in [0.2, 0.25) is 5.91 Å². The van der Waals surface area contributed by atoms with E-state index in [-0.39, 0.29) is 11.3 Å². The van der Waals surface area contributed by atoms with Gasteiger partial charge in [0.15, 0.2) is 0 Å². The predicted octanol–water partition coefficient (Wildman–Crippen LogP) is 2.84. The summed E-state index contributed by atoms with van der Waals surface area (Å²) in [5, 5.41) is 5.00. The fourth-order valence-corrected chi connectivity index (χ4v) is 2.83. The molecule has 3 N–H and O–H groups in total. The maximum absolute atomic E-state index is 12.1. The monoisotopic (exact) mass is 288 g/mol. The average molecular weight is 288 g/mol. The lowest BCUT2D eigenvalue weighted by molar-refractivity contribution is -0.122. The zero-order valence-electron chi connectivity index (χ0n) is 11.8. The highest BCUT2D eigenvalue weighted by atomic mass is 32.1. The second kappa shape index (κ2) is 6.20. The van der Waals surface area contributed by atoms with Crippen molar-refractivity contribution in [2.45, 2.75) is 25.3 Å². The normalized spacial score (nSPS) is 12.9. The molecule has 20 heavy (non-hydrogen) atoms. The summed E-state index contributed by atoms with van der Waals surface area (Å²) < 4.78 is 0. The molecule has 0 saturated heterocycles. The molecule has 3 nitrogen and oxygen atoms in total. The van der Waals surface area contributed by atoms with E-state index in [0.717, 1.165) is 5.56 Å². The SMILES string of the molecule is CC(C)(CNC(=O)[C@H](N)c1ccccc1)c1cccs1. The lowest BCUT2D eigenvalue weighted by Gasteiger charge is -2.24. The molecule has 1 amide bonds. The first-order valence-electron chi connectivity index (χ1n) is 6.63. The van der Waals surface area contributed by atoms with E-state index in [1.165, 1.54) is 4.88 Å². The molecule has 0 saturated carbocycles. The molecule has 0 aliphatic rings. The Morgan fingerprint density at radius 2 is 1.95 bits per heavy atom. The number of rotatable bonds is 5. The molecule has 0 unspecified atom stereocenters. The molecule has 0 fully saturated rings. The van der Waals surface area contributed by atoms with Gasteiger partial charge in [0.25, 0.3) is 0 Å². The fourth-order valence-electron chi connectivity index (χ4n) is 1.98. The number of nitrogens with one attached hydrogen (secondary N) is 1. The van der Waals surface area contributed by atoms with Gasteiger partial charge in [-0.1, -0.05) is 50.2 Å². The van der Waals surface area contributed by atoms with Crippen LogP contribution in [-0.4, -0.2) is 12.5 Å². The van der Waals surface area contributed by atoms with Crippen molar-refractivity contribution in [3.8, 4) is 0 Å². The van der Waals surface area contributed by atoms with Crippen LogP contribution in [0.4, 0.5) is 0 Å². The number of carbonyl (C=O) groups is 1. The Bertz CT molecular complexity index is 549. The third-order valence-electron chi connectivity index (χ3n) is 3.33. The largest absolute Gasteiger partial charge is 0.354 e. The Kier molecular flexibility index (Phi) is 4.57. The topological polar surface area (TPSA) is 55.1 Å². The minimum Gasteiger partial charge on any atom is -0.354 e. The summed E-state index contributed by atoms with van der Waals surface area (Å²) in [4.78, 5) is 13.4. The second-order valence-electron chi connectivity index (χ2n) is 5.47. The Hall–Kier alpha value is -1.65. The molecule has 1 aromatic carbocycles. The Labute approximate surface area is 123 Å². The molecule has 2 rings (SSSR count). The van der Waals surface area contributed by atoms with Gasteiger partial charge in [-0.05, 0) is 17.0 Å². The van der Waals surface area contributed by atoms with Crippen molar-refractivity contribution in [3.63, 3.8) is 0 Å². The summed E-state index contributed by atoms with van der Waals surface area (Å²) in [6, 6.07) is 12.9. The summed E-state index contributed by atoms with van der Waals surface area (Å²) in [5.74, 6) is -0.138. The zero-order chi connectivity index (χ0) is 14.6.